The van der Waals surface area contributed by atoms with Gasteiger partial charge in [-0.25, -0.2) is 0 Å². The molecule has 0 aromatic carbocycles. The largest absolute Gasteiger partial charge is 0.462 e. The summed E-state index contributed by atoms with van der Waals surface area (Å²) in [7, 11) is 0. The molecule has 0 aromatic rings. The number of ether oxygens (including phenoxy) is 3. The van der Waals surface area contributed by atoms with Gasteiger partial charge in [0.1, 0.15) is 13.2 Å². The summed E-state index contributed by atoms with van der Waals surface area (Å²) in [5.41, 5.74) is 0. The van der Waals surface area contributed by atoms with Gasteiger partial charge in [0.2, 0.25) is 0 Å². The molecule has 0 saturated heterocycles. The van der Waals surface area contributed by atoms with E-state index in [1.165, 1.54) is 167 Å². The van der Waals surface area contributed by atoms with Crippen LogP contribution in [0.3, 0.4) is 0 Å². The number of hydrogen-bond donors (Lipinski definition) is 0. The Balaban J connectivity index is 4.02. The second-order valence-electron chi connectivity index (χ2n) is 20.9. The topological polar surface area (TPSA) is 78.9 Å². The first-order valence-electron chi connectivity index (χ1n) is 31.4. The van der Waals surface area contributed by atoms with Crippen molar-refractivity contribution in [3.63, 3.8) is 0 Å². The minimum absolute atomic E-state index is 0.0776. The molecular formula is C67H118O6. The van der Waals surface area contributed by atoms with Gasteiger partial charge in [0.15, 0.2) is 6.10 Å². The molecule has 0 rings (SSSR count). The summed E-state index contributed by atoms with van der Waals surface area (Å²) in [5, 5.41) is 0. The van der Waals surface area contributed by atoms with Crippen LogP contribution in [0, 0.1) is 0 Å². The van der Waals surface area contributed by atoms with Gasteiger partial charge in [-0.15, -0.1) is 0 Å². The standard InChI is InChI=1S/C67H118O6/c1-4-7-10-13-16-19-22-24-25-26-27-28-29-30-31-32-33-34-35-36-37-38-39-40-41-42-43-44-46-48-51-54-57-60-66(69)72-63-64(62-71-65(68)59-56-53-50-47-21-18-15-12-9-6-3)73-67(70)61-58-55-52-49-45-23-20-17-14-11-8-5-2/h7,10,12,15-17,19-20,24-25,27-28,64H,4-6,8-9,11,13-14,18,21-23,26,29-63H2,1-3H3/b10-7-,15-12-,19-16-,20-17-,25-24-,28-27-. The highest BCUT2D eigenvalue weighted by Gasteiger charge is 2.19. The zero-order valence-electron chi connectivity index (χ0n) is 48.4. The molecule has 6 heteroatoms. The summed E-state index contributed by atoms with van der Waals surface area (Å²) < 4.78 is 16.8. The average Bonchev–Trinajstić information content (AvgIpc) is 3.39. The number of carbonyl (C=O) groups excluding carboxylic acids is 3. The van der Waals surface area contributed by atoms with Crippen LogP contribution in [0.4, 0.5) is 0 Å². The first-order chi connectivity index (χ1) is 36.0. The lowest BCUT2D eigenvalue weighted by Gasteiger charge is -2.18. The number of esters is 3. The highest BCUT2D eigenvalue weighted by atomic mass is 16.6. The van der Waals surface area contributed by atoms with E-state index in [0.717, 1.165) is 109 Å². The van der Waals surface area contributed by atoms with E-state index in [1.807, 2.05) is 0 Å². The summed E-state index contributed by atoms with van der Waals surface area (Å²) in [6, 6.07) is 0. The maximum Gasteiger partial charge on any atom is 0.306 e. The minimum Gasteiger partial charge on any atom is -0.462 e. The lowest BCUT2D eigenvalue weighted by molar-refractivity contribution is -0.167. The lowest BCUT2D eigenvalue weighted by Crippen LogP contribution is -2.30. The fourth-order valence-electron chi connectivity index (χ4n) is 8.96. The first-order valence-corrected chi connectivity index (χ1v) is 31.4. The number of unbranched alkanes of at least 4 members (excludes halogenated alkanes) is 34. The summed E-state index contributed by atoms with van der Waals surface area (Å²) >= 11 is 0. The van der Waals surface area contributed by atoms with E-state index < -0.39 is 6.10 Å². The predicted molar refractivity (Wildman–Crippen MR) is 316 cm³/mol. The van der Waals surface area contributed by atoms with Crippen LogP contribution in [-0.2, 0) is 28.6 Å². The van der Waals surface area contributed by atoms with Crippen LogP contribution in [0.2, 0.25) is 0 Å². The Morgan fingerprint density at radius 1 is 0.288 bits per heavy atom. The molecule has 1 atom stereocenters. The molecular weight excluding hydrogens is 901 g/mol. The van der Waals surface area contributed by atoms with Gasteiger partial charge in [0.05, 0.1) is 0 Å². The Kier molecular flexibility index (Phi) is 58.7. The average molecular weight is 1020 g/mol. The van der Waals surface area contributed by atoms with Gasteiger partial charge in [0, 0.05) is 19.3 Å². The van der Waals surface area contributed by atoms with Crippen LogP contribution in [0.5, 0.6) is 0 Å². The zero-order valence-corrected chi connectivity index (χ0v) is 48.4. The van der Waals surface area contributed by atoms with E-state index in [1.54, 1.807) is 0 Å². The molecule has 0 heterocycles. The van der Waals surface area contributed by atoms with Crippen molar-refractivity contribution in [2.75, 3.05) is 13.2 Å². The van der Waals surface area contributed by atoms with Crippen LogP contribution in [0.25, 0.3) is 0 Å². The minimum atomic E-state index is -0.779. The van der Waals surface area contributed by atoms with E-state index in [0.29, 0.717) is 19.3 Å². The number of carbonyl (C=O) groups is 3. The third-order valence-corrected chi connectivity index (χ3v) is 13.6. The molecule has 0 bridgehead atoms. The predicted octanol–water partition coefficient (Wildman–Crippen LogP) is 21.3. The maximum absolute atomic E-state index is 12.8. The van der Waals surface area contributed by atoms with E-state index in [-0.39, 0.29) is 31.1 Å². The van der Waals surface area contributed by atoms with Crippen LogP contribution < -0.4 is 0 Å². The number of hydrogen-bond acceptors (Lipinski definition) is 6. The van der Waals surface area contributed by atoms with Gasteiger partial charge in [0.25, 0.3) is 0 Å². The molecule has 0 aliphatic carbocycles. The SMILES string of the molecule is CC/C=C\C/C=C\C/C=C\C/C=C\CCCCCCCCCCCCCCCCCCCCCCC(=O)OCC(COC(=O)CCCCCCC/C=C\CCC)OC(=O)CCCCCCC/C=C\CCCCC. The molecule has 422 valence electrons. The third kappa shape index (κ3) is 59.6. The zero-order chi connectivity index (χ0) is 52.9. The van der Waals surface area contributed by atoms with Crippen LogP contribution in [0.1, 0.15) is 316 Å². The van der Waals surface area contributed by atoms with E-state index in [9.17, 15) is 14.4 Å². The van der Waals surface area contributed by atoms with Crippen LogP contribution in [0.15, 0.2) is 72.9 Å². The molecule has 0 aliphatic heterocycles. The second-order valence-corrected chi connectivity index (χ2v) is 20.9. The number of allylic oxidation sites excluding steroid dienone is 12. The molecule has 6 nitrogen and oxygen atoms in total. The lowest BCUT2D eigenvalue weighted by atomic mass is 10.0. The van der Waals surface area contributed by atoms with E-state index in [4.69, 9.17) is 14.2 Å². The molecule has 0 aliphatic rings. The second kappa shape index (κ2) is 61.4. The Morgan fingerprint density at radius 2 is 0.562 bits per heavy atom. The molecule has 0 N–H and O–H groups in total. The van der Waals surface area contributed by atoms with Crippen molar-refractivity contribution in [2.45, 2.75) is 322 Å². The summed E-state index contributed by atoms with van der Waals surface area (Å²) in [5.74, 6) is -0.887. The first kappa shape index (κ1) is 69.8. The van der Waals surface area contributed by atoms with E-state index >= 15 is 0 Å². The molecule has 0 fully saturated rings. The van der Waals surface area contributed by atoms with Crippen molar-refractivity contribution in [2.24, 2.45) is 0 Å². The van der Waals surface area contributed by atoms with Crippen molar-refractivity contribution in [1.82, 2.24) is 0 Å². The summed E-state index contributed by atoms with van der Waals surface area (Å²) in [6.45, 7) is 6.45. The van der Waals surface area contributed by atoms with Crippen molar-refractivity contribution < 1.29 is 28.6 Å². The molecule has 73 heavy (non-hydrogen) atoms. The fraction of sp³-hybridized carbons (Fsp3) is 0.776. The number of rotatable bonds is 57. The van der Waals surface area contributed by atoms with Crippen LogP contribution in [-0.4, -0.2) is 37.2 Å². The Labute approximate surface area is 453 Å². The van der Waals surface area contributed by atoms with Gasteiger partial charge >= 0.3 is 17.9 Å². The third-order valence-electron chi connectivity index (χ3n) is 13.6. The molecule has 0 spiro atoms. The quantitative estimate of drug-likeness (QED) is 0.0261. The monoisotopic (exact) mass is 1020 g/mol. The van der Waals surface area contributed by atoms with Gasteiger partial charge in [-0.3, -0.25) is 14.4 Å². The summed E-state index contributed by atoms with van der Waals surface area (Å²) in [6.07, 6.45) is 79.4. The highest BCUT2D eigenvalue weighted by Crippen LogP contribution is 2.17. The highest BCUT2D eigenvalue weighted by molar-refractivity contribution is 5.71. The van der Waals surface area contributed by atoms with Gasteiger partial charge in [-0.2, -0.15) is 0 Å². The molecule has 1 unspecified atom stereocenters. The maximum atomic E-state index is 12.8. The van der Waals surface area contributed by atoms with Crippen molar-refractivity contribution in [1.29, 1.82) is 0 Å². The van der Waals surface area contributed by atoms with Crippen molar-refractivity contribution in [3.8, 4) is 0 Å². The van der Waals surface area contributed by atoms with Gasteiger partial charge in [-0.05, 0) is 103 Å². The smallest absolute Gasteiger partial charge is 0.306 e. The Hall–Kier alpha value is -3.15. The van der Waals surface area contributed by atoms with Crippen molar-refractivity contribution >= 4 is 17.9 Å². The Morgan fingerprint density at radius 3 is 0.904 bits per heavy atom. The fourth-order valence-corrected chi connectivity index (χ4v) is 8.96. The van der Waals surface area contributed by atoms with Crippen molar-refractivity contribution in [3.05, 3.63) is 72.9 Å². The molecule has 0 aromatic heterocycles. The Bertz CT molecular complexity index is 1360. The van der Waals surface area contributed by atoms with Gasteiger partial charge < -0.3 is 14.2 Å². The van der Waals surface area contributed by atoms with Gasteiger partial charge in [-0.1, -0.05) is 267 Å². The molecule has 0 saturated carbocycles. The normalized spacial score (nSPS) is 12.5. The molecule has 0 amide bonds. The molecule has 0 radical (unpaired) electrons. The van der Waals surface area contributed by atoms with E-state index in [2.05, 4.69) is 93.7 Å². The van der Waals surface area contributed by atoms with Crippen LogP contribution >= 0.6 is 0 Å². The summed E-state index contributed by atoms with van der Waals surface area (Å²) in [4.78, 5) is 38.0.